The SMILES string of the molecule is CCCNc1nc(-c2ccc3c(c2)CCO3)nc(C)c1C. The van der Waals surface area contributed by atoms with E-state index in [-0.39, 0.29) is 0 Å². The van der Waals surface area contributed by atoms with Gasteiger partial charge in [-0.05, 0) is 44.0 Å². The van der Waals surface area contributed by atoms with Gasteiger partial charge < -0.3 is 10.1 Å². The monoisotopic (exact) mass is 283 g/mol. The van der Waals surface area contributed by atoms with Gasteiger partial charge in [-0.15, -0.1) is 0 Å². The smallest absolute Gasteiger partial charge is 0.161 e. The van der Waals surface area contributed by atoms with Crippen LogP contribution >= 0.6 is 0 Å². The number of ether oxygens (including phenoxy) is 1. The lowest BCUT2D eigenvalue weighted by Gasteiger charge is -2.12. The zero-order chi connectivity index (χ0) is 14.8. The van der Waals surface area contributed by atoms with Crippen molar-refractivity contribution >= 4 is 5.82 Å². The Balaban J connectivity index is 2.00. The molecule has 2 heterocycles. The molecule has 0 unspecified atom stereocenters. The first-order valence-electron chi connectivity index (χ1n) is 7.54. The molecule has 0 aliphatic carbocycles. The van der Waals surface area contributed by atoms with Crippen LogP contribution in [0.5, 0.6) is 5.75 Å². The van der Waals surface area contributed by atoms with Crippen LogP contribution in [0.15, 0.2) is 18.2 Å². The molecular weight excluding hydrogens is 262 g/mol. The van der Waals surface area contributed by atoms with Gasteiger partial charge in [-0.1, -0.05) is 6.92 Å². The molecule has 1 N–H and O–H groups in total. The van der Waals surface area contributed by atoms with Crippen molar-refractivity contribution in [2.24, 2.45) is 0 Å². The zero-order valence-electron chi connectivity index (χ0n) is 12.9. The molecule has 3 rings (SSSR count). The maximum absolute atomic E-state index is 5.56. The molecule has 2 aromatic rings. The van der Waals surface area contributed by atoms with Crippen molar-refractivity contribution in [2.75, 3.05) is 18.5 Å². The fourth-order valence-electron chi connectivity index (χ4n) is 2.50. The summed E-state index contributed by atoms with van der Waals surface area (Å²) in [7, 11) is 0. The third-order valence-electron chi connectivity index (χ3n) is 3.88. The normalized spacial score (nSPS) is 12.9. The van der Waals surface area contributed by atoms with Crippen LogP contribution < -0.4 is 10.1 Å². The lowest BCUT2D eigenvalue weighted by atomic mass is 10.1. The maximum Gasteiger partial charge on any atom is 0.161 e. The molecule has 110 valence electrons. The Morgan fingerprint density at radius 3 is 2.90 bits per heavy atom. The molecule has 0 amide bonds. The summed E-state index contributed by atoms with van der Waals surface area (Å²) in [5.41, 5.74) is 4.45. The van der Waals surface area contributed by atoms with Crippen LogP contribution in [0.4, 0.5) is 5.82 Å². The van der Waals surface area contributed by atoms with Crippen molar-refractivity contribution in [3.63, 3.8) is 0 Å². The number of hydrogen-bond donors (Lipinski definition) is 1. The largest absolute Gasteiger partial charge is 0.493 e. The molecule has 1 aliphatic rings. The van der Waals surface area contributed by atoms with E-state index in [2.05, 4.69) is 30.2 Å². The van der Waals surface area contributed by atoms with E-state index in [1.807, 2.05) is 19.1 Å². The van der Waals surface area contributed by atoms with Gasteiger partial charge in [0.2, 0.25) is 0 Å². The third kappa shape index (κ3) is 2.71. The van der Waals surface area contributed by atoms with Gasteiger partial charge in [0.05, 0.1) is 6.61 Å². The number of aryl methyl sites for hydroxylation is 1. The van der Waals surface area contributed by atoms with Crippen molar-refractivity contribution < 1.29 is 4.74 Å². The molecule has 0 radical (unpaired) electrons. The molecular formula is C17H21N3O. The van der Waals surface area contributed by atoms with E-state index in [9.17, 15) is 0 Å². The Morgan fingerprint density at radius 1 is 1.24 bits per heavy atom. The Morgan fingerprint density at radius 2 is 2.10 bits per heavy atom. The molecule has 0 saturated heterocycles. The van der Waals surface area contributed by atoms with Crippen LogP contribution in [0.2, 0.25) is 0 Å². The average Bonchev–Trinajstić information content (AvgIpc) is 2.96. The molecule has 0 atom stereocenters. The fourth-order valence-corrected chi connectivity index (χ4v) is 2.50. The molecule has 0 fully saturated rings. The highest BCUT2D eigenvalue weighted by atomic mass is 16.5. The van der Waals surface area contributed by atoms with Crippen LogP contribution in [0.3, 0.4) is 0 Å². The van der Waals surface area contributed by atoms with Gasteiger partial charge in [0, 0.05) is 29.8 Å². The Kier molecular flexibility index (Phi) is 3.78. The minimum Gasteiger partial charge on any atom is -0.493 e. The zero-order valence-corrected chi connectivity index (χ0v) is 12.9. The van der Waals surface area contributed by atoms with E-state index in [0.29, 0.717) is 0 Å². The number of aromatic nitrogens is 2. The van der Waals surface area contributed by atoms with E-state index in [1.165, 1.54) is 5.56 Å². The van der Waals surface area contributed by atoms with E-state index < -0.39 is 0 Å². The first kappa shape index (κ1) is 13.9. The summed E-state index contributed by atoms with van der Waals surface area (Å²) in [6.45, 7) is 7.95. The molecule has 0 spiro atoms. The molecule has 0 bridgehead atoms. The van der Waals surface area contributed by atoms with Gasteiger partial charge in [-0.2, -0.15) is 0 Å². The van der Waals surface area contributed by atoms with Crippen LogP contribution in [-0.4, -0.2) is 23.1 Å². The predicted octanol–water partition coefficient (Wildman–Crippen LogP) is 3.52. The first-order valence-corrected chi connectivity index (χ1v) is 7.54. The number of nitrogens with one attached hydrogen (secondary N) is 1. The number of nitrogens with zero attached hydrogens (tertiary/aromatic N) is 2. The number of rotatable bonds is 4. The minimum atomic E-state index is 0.774. The average molecular weight is 283 g/mol. The Bertz CT molecular complexity index is 667. The van der Waals surface area contributed by atoms with Gasteiger partial charge in [-0.3, -0.25) is 0 Å². The first-order chi connectivity index (χ1) is 10.2. The Labute approximate surface area is 125 Å². The fraction of sp³-hybridized carbons (Fsp3) is 0.412. The van der Waals surface area contributed by atoms with E-state index in [4.69, 9.17) is 9.72 Å². The van der Waals surface area contributed by atoms with Gasteiger partial charge in [0.25, 0.3) is 0 Å². The van der Waals surface area contributed by atoms with E-state index in [1.54, 1.807) is 0 Å². The van der Waals surface area contributed by atoms with Crippen LogP contribution in [-0.2, 0) is 6.42 Å². The highest BCUT2D eigenvalue weighted by Gasteiger charge is 2.15. The van der Waals surface area contributed by atoms with Gasteiger partial charge in [-0.25, -0.2) is 9.97 Å². The maximum atomic E-state index is 5.56. The molecule has 21 heavy (non-hydrogen) atoms. The van der Waals surface area contributed by atoms with Crippen molar-refractivity contribution in [1.29, 1.82) is 0 Å². The highest BCUT2D eigenvalue weighted by Crippen LogP contribution is 2.30. The molecule has 1 aromatic carbocycles. The number of anilines is 1. The number of fused-ring (bicyclic) bond motifs is 1. The summed E-state index contributed by atoms with van der Waals surface area (Å²) < 4.78 is 5.56. The summed E-state index contributed by atoms with van der Waals surface area (Å²) in [5.74, 6) is 2.72. The van der Waals surface area contributed by atoms with Gasteiger partial charge in [0.1, 0.15) is 11.6 Å². The van der Waals surface area contributed by atoms with Crippen LogP contribution in [0, 0.1) is 13.8 Å². The van der Waals surface area contributed by atoms with E-state index in [0.717, 1.165) is 60.2 Å². The second kappa shape index (κ2) is 5.72. The second-order valence-electron chi connectivity index (χ2n) is 5.45. The summed E-state index contributed by atoms with van der Waals surface area (Å²) >= 11 is 0. The van der Waals surface area contributed by atoms with Crippen molar-refractivity contribution in [3.05, 3.63) is 35.0 Å². The number of hydrogen-bond acceptors (Lipinski definition) is 4. The minimum absolute atomic E-state index is 0.774. The predicted molar refractivity (Wildman–Crippen MR) is 84.9 cm³/mol. The van der Waals surface area contributed by atoms with Crippen LogP contribution in [0.1, 0.15) is 30.2 Å². The molecule has 1 aliphatic heterocycles. The molecule has 1 aromatic heterocycles. The van der Waals surface area contributed by atoms with Gasteiger partial charge >= 0.3 is 0 Å². The second-order valence-corrected chi connectivity index (χ2v) is 5.45. The van der Waals surface area contributed by atoms with Crippen molar-refractivity contribution in [2.45, 2.75) is 33.6 Å². The topological polar surface area (TPSA) is 47.0 Å². The summed E-state index contributed by atoms with van der Waals surface area (Å²) in [6.07, 6.45) is 2.04. The van der Waals surface area contributed by atoms with Crippen molar-refractivity contribution in [1.82, 2.24) is 9.97 Å². The quantitative estimate of drug-likeness (QED) is 0.932. The van der Waals surface area contributed by atoms with E-state index >= 15 is 0 Å². The third-order valence-corrected chi connectivity index (χ3v) is 3.88. The van der Waals surface area contributed by atoms with Gasteiger partial charge in [0.15, 0.2) is 5.82 Å². The molecule has 0 saturated carbocycles. The lowest BCUT2D eigenvalue weighted by molar-refractivity contribution is 0.357. The van der Waals surface area contributed by atoms with Crippen molar-refractivity contribution in [3.8, 4) is 17.1 Å². The summed E-state index contributed by atoms with van der Waals surface area (Å²) in [4.78, 5) is 9.35. The molecule has 4 nitrogen and oxygen atoms in total. The molecule has 4 heteroatoms. The van der Waals surface area contributed by atoms with Crippen LogP contribution in [0.25, 0.3) is 11.4 Å². The summed E-state index contributed by atoms with van der Waals surface area (Å²) in [6, 6.07) is 6.21. The lowest BCUT2D eigenvalue weighted by Crippen LogP contribution is -2.07. The standard InChI is InChI=1S/C17H21N3O/c1-4-8-18-16-11(2)12(3)19-17(20-16)14-5-6-15-13(10-14)7-9-21-15/h5-6,10H,4,7-9H2,1-3H3,(H,18,19,20). The highest BCUT2D eigenvalue weighted by molar-refractivity contribution is 5.62. The number of benzene rings is 1. The Hall–Kier alpha value is -2.10. The summed E-state index contributed by atoms with van der Waals surface area (Å²) in [5, 5.41) is 3.39.